The predicted molar refractivity (Wildman–Crippen MR) is 156 cm³/mol. The molecule has 202 valence electrons. The van der Waals surface area contributed by atoms with Crippen LogP contribution in [0.5, 0.6) is 17.2 Å². The van der Waals surface area contributed by atoms with Crippen LogP contribution in [0.15, 0.2) is 75.0 Å². The molecule has 10 heteroatoms. The smallest absolute Gasteiger partial charge is 0.282 e. The number of nitrogens with zero attached hydrogens (tertiary/aromatic N) is 3. The van der Waals surface area contributed by atoms with Crippen molar-refractivity contribution in [3.63, 3.8) is 0 Å². The van der Waals surface area contributed by atoms with E-state index in [1.54, 1.807) is 36.4 Å². The van der Waals surface area contributed by atoms with Crippen LogP contribution in [0, 0.1) is 0 Å². The van der Waals surface area contributed by atoms with Crippen LogP contribution >= 0.6 is 15.9 Å². The molecule has 1 aromatic heterocycles. The van der Waals surface area contributed by atoms with E-state index in [0.717, 1.165) is 4.47 Å². The van der Waals surface area contributed by atoms with Gasteiger partial charge in [-0.1, -0.05) is 54.9 Å². The molecule has 0 aliphatic rings. The zero-order chi connectivity index (χ0) is 28.2. The molecule has 1 amide bonds. The maximum absolute atomic E-state index is 13.4. The summed E-state index contributed by atoms with van der Waals surface area (Å²) in [7, 11) is 2.97. The molecule has 1 N–H and O–H groups in total. The molecular formula is C29H29BrN4O5. The Kier molecular flexibility index (Phi) is 8.35. The first-order chi connectivity index (χ1) is 18.6. The van der Waals surface area contributed by atoms with Gasteiger partial charge in [0.2, 0.25) is 5.75 Å². The molecule has 0 radical (unpaired) electrons. The molecule has 0 unspecified atom stereocenters. The Bertz CT molecular complexity index is 1570. The van der Waals surface area contributed by atoms with E-state index in [-0.39, 0.29) is 23.8 Å². The molecule has 3 aromatic carbocycles. The average molecular weight is 593 g/mol. The van der Waals surface area contributed by atoms with Crippen molar-refractivity contribution < 1.29 is 19.0 Å². The summed E-state index contributed by atoms with van der Waals surface area (Å²) in [5.41, 5.74) is 1.11. The van der Waals surface area contributed by atoms with Gasteiger partial charge in [-0.15, -0.1) is 0 Å². The highest BCUT2D eigenvalue weighted by molar-refractivity contribution is 9.10. The normalized spacial score (nSPS) is 11.5. The van der Waals surface area contributed by atoms with Gasteiger partial charge in [-0.2, -0.15) is 9.78 Å². The third kappa shape index (κ3) is 6.46. The van der Waals surface area contributed by atoms with E-state index >= 15 is 0 Å². The number of nitrogens with one attached hydrogen (secondary N) is 1. The SMILES string of the molecule is COc1cc(C=Nn2c(C(C)(C)C)nc3ccc(Br)cc3c2=O)cc(OC)c1OCC(=O)Nc1ccccc1. The molecular weight excluding hydrogens is 564 g/mol. The van der Waals surface area contributed by atoms with E-state index in [1.165, 1.54) is 25.1 Å². The van der Waals surface area contributed by atoms with E-state index in [1.807, 2.05) is 45.0 Å². The molecule has 0 aliphatic carbocycles. The number of ether oxygens (including phenoxy) is 3. The molecule has 1 heterocycles. The summed E-state index contributed by atoms with van der Waals surface area (Å²) < 4.78 is 18.9. The number of anilines is 1. The average Bonchev–Trinajstić information content (AvgIpc) is 2.91. The minimum Gasteiger partial charge on any atom is -0.493 e. The first kappa shape index (κ1) is 27.8. The highest BCUT2D eigenvalue weighted by atomic mass is 79.9. The number of halogens is 1. The summed E-state index contributed by atoms with van der Waals surface area (Å²) in [5.74, 6) is 1.13. The molecule has 0 aliphatic heterocycles. The lowest BCUT2D eigenvalue weighted by Gasteiger charge is -2.21. The maximum atomic E-state index is 13.4. The van der Waals surface area contributed by atoms with E-state index in [0.29, 0.717) is 39.5 Å². The zero-order valence-electron chi connectivity index (χ0n) is 22.3. The second-order valence-corrected chi connectivity index (χ2v) is 10.6. The van der Waals surface area contributed by atoms with Gasteiger partial charge in [-0.05, 0) is 42.5 Å². The van der Waals surface area contributed by atoms with Crippen LogP contribution in [0.1, 0.15) is 32.2 Å². The number of para-hydroxylation sites is 1. The number of aromatic nitrogens is 2. The number of carbonyl (C=O) groups is 1. The number of hydrogen-bond donors (Lipinski definition) is 1. The van der Waals surface area contributed by atoms with Gasteiger partial charge in [-0.3, -0.25) is 9.59 Å². The molecule has 0 bridgehead atoms. The van der Waals surface area contributed by atoms with Crippen LogP contribution in [0.25, 0.3) is 10.9 Å². The molecule has 0 spiro atoms. The third-order valence-electron chi connectivity index (χ3n) is 5.69. The van der Waals surface area contributed by atoms with Crippen LogP contribution in [-0.2, 0) is 10.2 Å². The summed E-state index contributed by atoms with van der Waals surface area (Å²) in [5, 5.41) is 7.72. The number of methoxy groups -OCH3 is 2. The summed E-state index contributed by atoms with van der Waals surface area (Å²) in [6, 6.07) is 17.8. The number of hydrogen-bond acceptors (Lipinski definition) is 7. The van der Waals surface area contributed by atoms with E-state index in [2.05, 4.69) is 26.3 Å². The molecule has 0 saturated carbocycles. The van der Waals surface area contributed by atoms with Gasteiger partial charge in [0.25, 0.3) is 11.5 Å². The molecule has 0 fully saturated rings. The number of amides is 1. The number of fused-ring (bicyclic) bond motifs is 1. The van der Waals surface area contributed by atoms with Crippen molar-refractivity contribution in [2.24, 2.45) is 5.10 Å². The summed E-state index contributed by atoms with van der Waals surface area (Å²) in [6.07, 6.45) is 1.53. The number of rotatable bonds is 8. The van der Waals surface area contributed by atoms with Crippen molar-refractivity contribution in [3.05, 3.63) is 86.9 Å². The van der Waals surface area contributed by atoms with Gasteiger partial charge in [0.1, 0.15) is 5.82 Å². The Labute approximate surface area is 234 Å². The van der Waals surface area contributed by atoms with Gasteiger partial charge < -0.3 is 19.5 Å². The van der Waals surface area contributed by atoms with Gasteiger partial charge in [0.15, 0.2) is 18.1 Å². The third-order valence-corrected chi connectivity index (χ3v) is 6.18. The molecule has 39 heavy (non-hydrogen) atoms. The van der Waals surface area contributed by atoms with Gasteiger partial charge in [0, 0.05) is 21.1 Å². The van der Waals surface area contributed by atoms with Crippen molar-refractivity contribution in [2.45, 2.75) is 26.2 Å². The molecule has 0 atom stereocenters. The topological polar surface area (TPSA) is 104 Å². The van der Waals surface area contributed by atoms with Crippen LogP contribution in [-0.4, -0.2) is 42.6 Å². The van der Waals surface area contributed by atoms with Crippen molar-refractivity contribution in [2.75, 3.05) is 26.1 Å². The fourth-order valence-corrected chi connectivity index (χ4v) is 4.20. The van der Waals surface area contributed by atoms with Gasteiger partial charge in [0.05, 0.1) is 31.3 Å². The van der Waals surface area contributed by atoms with Gasteiger partial charge >= 0.3 is 0 Å². The summed E-state index contributed by atoms with van der Waals surface area (Å²) >= 11 is 3.42. The minimum absolute atomic E-state index is 0.252. The van der Waals surface area contributed by atoms with Crippen LogP contribution in [0.4, 0.5) is 5.69 Å². The standard InChI is InChI=1S/C29H29BrN4O5/c1-29(2,3)28-33-22-12-11-19(30)15-21(22)27(36)34(28)31-16-18-13-23(37-4)26(24(14-18)38-5)39-17-25(35)32-20-9-7-6-8-10-20/h6-16H,17H2,1-5H3,(H,32,35). The van der Waals surface area contributed by atoms with Gasteiger partial charge in [-0.25, -0.2) is 4.98 Å². The first-order valence-electron chi connectivity index (χ1n) is 12.1. The maximum Gasteiger partial charge on any atom is 0.282 e. The van der Waals surface area contributed by atoms with E-state index in [4.69, 9.17) is 19.2 Å². The molecule has 0 saturated heterocycles. The fourth-order valence-electron chi connectivity index (χ4n) is 3.84. The lowest BCUT2D eigenvalue weighted by molar-refractivity contribution is -0.118. The zero-order valence-corrected chi connectivity index (χ0v) is 23.9. The second-order valence-electron chi connectivity index (χ2n) is 9.67. The highest BCUT2D eigenvalue weighted by Gasteiger charge is 2.23. The second kappa shape index (κ2) is 11.7. The highest BCUT2D eigenvalue weighted by Crippen LogP contribution is 2.38. The Hall–Kier alpha value is -4.18. The fraction of sp³-hybridized carbons (Fsp3) is 0.241. The molecule has 4 aromatic rings. The van der Waals surface area contributed by atoms with Crippen LogP contribution in [0.3, 0.4) is 0 Å². The predicted octanol–water partition coefficient (Wildman–Crippen LogP) is 5.37. The summed E-state index contributed by atoms with van der Waals surface area (Å²) in [6.45, 7) is 5.66. The molecule has 9 nitrogen and oxygen atoms in total. The Balaban J connectivity index is 1.66. The minimum atomic E-state index is -0.453. The largest absolute Gasteiger partial charge is 0.493 e. The van der Waals surface area contributed by atoms with Crippen molar-refractivity contribution >= 4 is 44.6 Å². The monoisotopic (exact) mass is 592 g/mol. The van der Waals surface area contributed by atoms with Crippen LogP contribution < -0.4 is 25.1 Å². The first-order valence-corrected chi connectivity index (χ1v) is 12.9. The van der Waals surface area contributed by atoms with Crippen LogP contribution in [0.2, 0.25) is 0 Å². The van der Waals surface area contributed by atoms with Crippen molar-refractivity contribution in [3.8, 4) is 17.2 Å². The van der Waals surface area contributed by atoms with E-state index < -0.39 is 5.41 Å². The number of carbonyl (C=O) groups excluding carboxylic acids is 1. The van der Waals surface area contributed by atoms with E-state index in [9.17, 15) is 9.59 Å². The Morgan fingerprint density at radius 1 is 1.05 bits per heavy atom. The summed E-state index contributed by atoms with van der Waals surface area (Å²) in [4.78, 5) is 30.6. The van der Waals surface area contributed by atoms with Crippen molar-refractivity contribution in [1.82, 2.24) is 9.66 Å². The van der Waals surface area contributed by atoms with Crippen molar-refractivity contribution in [1.29, 1.82) is 0 Å². The lowest BCUT2D eigenvalue weighted by atomic mass is 9.95. The quantitative estimate of drug-likeness (QED) is 0.276. The number of benzene rings is 3. The Morgan fingerprint density at radius 2 is 1.72 bits per heavy atom. The lowest BCUT2D eigenvalue weighted by Crippen LogP contribution is -2.29. The Morgan fingerprint density at radius 3 is 2.33 bits per heavy atom. The molecule has 4 rings (SSSR count).